The van der Waals surface area contributed by atoms with Gasteiger partial charge in [0.15, 0.2) is 0 Å². The third-order valence-corrected chi connectivity index (χ3v) is 2.88. The summed E-state index contributed by atoms with van der Waals surface area (Å²) in [6, 6.07) is -1.40. The van der Waals surface area contributed by atoms with E-state index in [1.54, 1.807) is 11.8 Å². The van der Waals surface area contributed by atoms with Crippen molar-refractivity contribution in [1.29, 1.82) is 0 Å². The Hall–Kier alpha value is 0.430. The molecule has 0 aromatic heterocycles. The molecule has 7 nitrogen and oxygen atoms in total. The molecule has 0 radical (unpaired) electrons. The van der Waals surface area contributed by atoms with Crippen molar-refractivity contribution >= 4 is 61.4 Å². The maximum atomic E-state index is 10.1. The number of carboxylic acid groups (broad SMARTS) is 2. The van der Waals surface area contributed by atoms with Crippen LogP contribution in [0.4, 0.5) is 0 Å². The molecule has 0 aromatic rings. The second-order valence-electron chi connectivity index (χ2n) is 3.96. The normalized spacial score (nSPS) is 12.4. The quantitative estimate of drug-likeness (QED) is 0.259. The van der Waals surface area contributed by atoms with Crippen LogP contribution >= 0.6 is 11.8 Å². The standard InChI is InChI=1S/C6H14N2O2.C5H11NO2S.Ca.2H/c7-4-2-1-3-5(8)6(9)10;1-9-3-2-4(6)5(7)8;;;/h5H,1-4,7-8H2,(H,9,10);4H,2-3,6H2,1H3,(H,7,8);;;. The van der Waals surface area contributed by atoms with Gasteiger partial charge in [-0.3, -0.25) is 9.59 Å². The first-order chi connectivity index (χ1) is 8.86. The third-order valence-electron chi connectivity index (χ3n) is 2.24. The van der Waals surface area contributed by atoms with Crippen molar-refractivity contribution < 1.29 is 19.8 Å². The van der Waals surface area contributed by atoms with Crippen molar-refractivity contribution in [2.45, 2.75) is 37.8 Å². The van der Waals surface area contributed by atoms with Crippen LogP contribution < -0.4 is 17.2 Å². The fraction of sp³-hybridized carbons (Fsp3) is 0.818. The zero-order valence-electron chi connectivity index (χ0n) is 11.2. The van der Waals surface area contributed by atoms with Crippen molar-refractivity contribution in [2.24, 2.45) is 17.2 Å². The van der Waals surface area contributed by atoms with Crippen LogP contribution in [0.15, 0.2) is 0 Å². The van der Waals surface area contributed by atoms with Crippen LogP contribution in [0.3, 0.4) is 0 Å². The molecule has 0 aliphatic rings. The van der Waals surface area contributed by atoms with E-state index in [2.05, 4.69) is 0 Å². The molecule has 0 aliphatic heterocycles. The fourth-order valence-corrected chi connectivity index (χ4v) is 1.49. The van der Waals surface area contributed by atoms with Gasteiger partial charge in [0, 0.05) is 0 Å². The molecule has 20 heavy (non-hydrogen) atoms. The summed E-state index contributed by atoms with van der Waals surface area (Å²) >= 11 is 1.60. The molecule has 118 valence electrons. The van der Waals surface area contributed by atoms with E-state index in [0.717, 1.165) is 18.6 Å². The van der Waals surface area contributed by atoms with E-state index in [0.29, 0.717) is 19.4 Å². The van der Waals surface area contributed by atoms with Crippen LogP contribution in [0.1, 0.15) is 25.7 Å². The Labute approximate surface area is 154 Å². The molecule has 0 aromatic carbocycles. The predicted molar refractivity (Wildman–Crippen MR) is 85.7 cm³/mol. The third kappa shape index (κ3) is 18.4. The zero-order chi connectivity index (χ0) is 15.3. The average Bonchev–Trinajstić information content (AvgIpc) is 2.36. The van der Waals surface area contributed by atoms with Gasteiger partial charge in [-0.1, -0.05) is 6.42 Å². The molecule has 0 amide bonds. The number of carbonyl (C=O) groups is 2. The molecule has 0 saturated heterocycles. The van der Waals surface area contributed by atoms with E-state index in [-0.39, 0.29) is 37.7 Å². The molecule has 0 rings (SSSR count). The van der Waals surface area contributed by atoms with Gasteiger partial charge >= 0.3 is 49.7 Å². The summed E-state index contributed by atoms with van der Waals surface area (Å²) in [4.78, 5) is 20.2. The van der Waals surface area contributed by atoms with Crippen molar-refractivity contribution in [1.82, 2.24) is 0 Å². The number of hydrogen-bond acceptors (Lipinski definition) is 6. The van der Waals surface area contributed by atoms with Gasteiger partial charge in [-0.2, -0.15) is 11.8 Å². The van der Waals surface area contributed by atoms with Gasteiger partial charge in [0.2, 0.25) is 0 Å². The van der Waals surface area contributed by atoms with E-state index in [9.17, 15) is 9.59 Å². The molecule has 0 saturated carbocycles. The molecule has 2 unspecified atom stereocenters. The summed E-state index contributed by atoms with van der Waals surface area (Å²) in [5, 5.41) is 16.6. The minimum atomic E-state index is -0.933. The topological polar surface area (TPSA) is 153 Å². The fourth-order valence-electron chi connectivity index (χ4n) is 1.00. The number of hydrogen-bond donors (Lipinski definition) is 5. The summed E-state index contributed by atoms with van der Waals surface area (Å²) < 4.78 is 0. The molecule has 0 bridgehead atoms. The van der Waals surface area contributed by atoms with E-state index >= 15 is 0 Å². The van der Waals surface area contributed by atoms with E-state index in [4.69, 9.17) is 27.4 Å². The second kappa shape index (κ2) is 17.5. The summed E-state index contributed by atoms with van der Waals surface area (Å²) in [7, 11) is 0. The molecular weight excluding hydrogens is 310 g/mol. The maximum absolute atomic E-state index is 10.1. The molecular formula is C11H27CaN3O4S. The Morgan fingerprint density at radius 3 is 1.85 bits per heavy atom. The van der Waals surface area contributed by atoms with Crippen LogP contribution in [0.5, 0.6) is 0 Å². The number of aliphatic carboxylic acids is 2. The first-order valence-corrected chi connectivity index (χ1v) is 7.41. The van der Waals surface area contributed by atoms with Gasteiger partial charge in [-0.05, 0) is 37.8 Å². The van der Waals surface area contributed by atoms with E-state index < -0.39 is 24.0 Å². The number of unbranched alkanes of at least 4 members (excludes halogenated alkanes) is 1. The zero-order valence-corrected chi connectivity index (χ0v) is 12.1. The van der Waals surface area contributed by atoms with Crippen molar-refractivity contribution in [3.05, 3.63) is 0 Å². The number of rotatable bonds is 9. The minimum absolute atomic E-state index is 0. The van der Waals surface area contributed by atoms with E-state index in [1.165, 1.54) is 0 Å². The average molecular weight is 337 g/mol. The molecule has 0 fully saturated rings. The van der Waals surface area contributed by atoms with Crippen molar-refractivity contribution in [2.75, 3.05) is 18.6 Å². The van der Waals surface area contributed by atoms with Gasteiger partial charge < -0.3 is 27.4 Å². The van der Waals surface area contributed by atoms with Crippen LogP contribution in [-0.2, 0) is 9.59 Å². The Kier molecular flexibility index (Phi) is 22.2. The Morgan fingerprint density at radius 1 is 1.05 bits per heavy atom. The molecule has 2 atom stereocenters. The van der Waals surface area contributed by atoms with Crippen LogP contribution in [0, 0.1) is 0 Å². The van der Waals surface area contributed by atoms with Crippen LogP contribution in [-0.4, -0.2) is 90.5 Å². The van der Waals surface area contributed by atoms with Gasteiger partial charge in [0.1, 0.15) is 12.1 Å². The Morgan fingerprint density at radius 2 is 1.50 bits per heavy atom. The van der Waals surface area contributed by atoms with Gasteiger partial charge in [-0.15, -0.1) is 0 Å². The number of nitrogens with two attached hydrogens (primary N) is 3. The number of carboxylic acids is 2. The first-order valence-electron chi connectivity index (χ1n) is 6.02. The second-order valence-corrected chi connectivity index (χ2v) is 4.94. The van der Waals surface area contributed by atoms with Gasteiger partial charge in [-0.25, -0.2) is 0 Å². The van der Waals surface area contributed by atoms with Crippen molar-refractivity contribution in [3.8, 4) is 0 Å². The molecule has 8 N–H and O–H groups in total. The first kappa shape index (κ1) is 25.4. The Balaban J connectivity index is -0.000000277. The monoisotopic (exact) mass is 337 g/mol. The number of thioether (sulfide) groups is 1. The summed E-state index contributed by atoms with van der Waals surface area (Å²) in [6.07, 6.45) is 4.64. The van der Waals surface area contributed by atoms with Crippen LogP contribution in [0.2, 0.25) is 0 Å². The summed E-state index contributed by atoms with van der Waals surface area (Å²) in [5.41, 5.74) is 15.6. The Bertz CT molecular complexity index is 260. The summed E-state index contributed by atoms with van der Waals surface area (Å²) in [6.45, 7) is 0.604. The molecule has 0 heterocycles. The SMILES string of the molecule is CSCCC(N)C(=O)O.NCCCCC(N)C(=O)O.[CaH2]. The molecule has 9 heteroatoms. The van der Waals surface area contributed by atoms with Gasteiger partial charge in [0.05, 0.1) is 0 Å². The van der Waals surface area contributed by atoms with Crippen LogP contribution in [0.25, 0.3) is 0 Å². The van der Waals surface area contributed by atoms with E-state index in [1.807, 2.05) is 6.26 Å². The van der Waals surface area contributed by atoms with Crippen molar-refractivity contribution in [3.63, 3.8) is 0 Å². The summed E-state index contributed by atoms with van der Waals surface area (Å²) in [5.74, 6) is -1.03. The van der Waals surface area contributed by atoms with Gasteiger partial charge in [0.25, 0.3) is 0 Å². The predicted octanol–water partition coefficient (Wildman–Crippen LogP) is -1.24. The molecule has 0 spiro atoms. The molecule has 0 aliphatic carbocycles.